The topological polar surface area (TPSA) is 50.4 Å². The van der Waals surface area contributed by atoms with Crippen molar-refractivity contribution < 1.29 is 18.3 Å². The fourth-order valence-electron chi connectivity index (χ4n) is 1.73. The Hall–Kier alpha value is -1.69. The number of alkyl halides is 2. The fourth-order valence-corrected chi connectivity index (χ4v) is 1.73. The second-order valence-electron chi connectivity index (χ2n) is 4.79. The monoisotopic (exact) mass is 300 g/mol. The molecule has 1 amide bonds. The van der Waals surface area contributed by atoms with Gasteiger partial charge in [-0.25, -0.2) is 0 Å². The lowest BCUT2D eigenvalue weighted by Crippen LogP contribution is -2.33. The van der Waals surface area contributed by atoms with Gasteiger partial charge in [-0.1, -0.05) is 25.1 Å². The van der Waals surface area contributed by atoms with E-state index >= 15 is 0 Å². The van der Waals surface area contributed by atoms with Gasteiger partial charge in [-0.05, 0) is 19.4 Å². The minimum absolute atomic E-state index is 0.0195. The number of nitrogens with one attached hydrogen (secondary N) is 2. The molecule has 2 N–H and O–H groups in total. The molecule has 1 aromatic carbocycles. The van der Waals surface area contributed by atoms with Gasteiger partial charge in [0, 0.05) is 31.1 Å². The first kappa shape index (κ1) is 17.4. The van der Waals surface area contributed by atoms with Gasteiger partial charge >= 0.3 is 6.61 Å². The summed E-state index contributed by atoms with van der Waals surface area (Å²) in [5, 5.41) is 5.91. The molecule has 1 aromatic rings. The average molecular weight is 300 g/mol. The summed E-state index contributed by atoms with van der Waals surface area (Å²) in [6.07, 6.45) is 1.24. The number of rotatable bonds is 9. The maximum absolute atomic E-state index is 12.3. The lowest BCUT2D eigenvalue weighted by molar-refractivity contribution is -0.121. The third-order valence-corrected chi connectivity index (χ3v) is 3.05. The minimum atomic E-state index is -2.84. The standard InChI is InChI=1S/C15H22F2N2O2/c1-3-11(2)19-14(20)8-9-18-10-12-6-4-5-7-13(12)21-15(16)17/h4-7,11,15,18H,3,8-10H2,1-2H3,(H,19,20). The molecule has 4 nitrogen and oxygen atoms in total. The molecule has 0 spiro atoms. The first-order valence-electron chi connectivity index (χ1n) is 7.05. The predicted molar refractivity (Wildman–Crippen MR) is 77.3 cm³/mol. The third kappa shape index (κ3) is 7.04. The van der Waals surface area contributed by atoms with Crippen molar-refractivity contribution in [3.8, 4) is 5.75 Å². The molecule has 1 rings (SSSR count). The molecule has 0 bridgehead atoms. The molecule has 21 heavy (non-hydrogen) atoms. The molecule has 0 aromatic heterocycles. The molecule has 0 saturated heterocycles. The van der Waals surface area contributed by atoms with Crippen LogP contribution in [0, 0.1) is 0 Å². The lowest BCUT2D eigenvalue weighted by atomic mass is 10.2. The summed E-state index contributed by atoms with van der Waals surface area (Å²) >= 11 is 0. The number of benzene rings is 1. The average Bonchev–Trinajstić information content (AvgIpc) is 2.44. The highest BCUT2D eigenvalue weighted by Gasteiger charge is 2.09. The van der Waals surface area contributed by atoms with Crippen LogP contribution in [0.2, 0.25) is 0 Å². The van der Waals surface area contributed by atoms with Gasteiger partial charge in [0.15, 0.2) is 0 Å². The van der Waals surface area contributed by atoms with E-state index in [-0.39, 0.29) is 17.7 Å². The Morgan fingerprint density at radius 3 is 2.71 bits per heavy atom. The lowest BCUT2D eigenvalue weighted by Gasteiger charge is -2.13. The molecule has 0 aliphatic rings. The first-order valence-corrected chi connectivity index (χ1v) is 7.05. The third-order valence-electron chi connectivity index (χ3n) is 3.05. The fraction of sp³-hybridized carbons (Fsp3) is 0.533. The second-order valence-corrected chi connectivity index (χ2v) is 4.79. The van der Waals surface area contributed by atoms with Gasteiger partial charge in [0.25, 0.3) is 0 Å². The van der Waals surface area contributed by atoms with Crippen molar-refractivity contribution in [2.24, 2.45) is 0 Å². The molecule has 6 heteroatoms. The molecule has 0 fully saturated rings. The summed E-state index contributed by atoms with van der Waals surface area (Å²) in [5.41, 5.74) is 0.639. The van der Waals surface area contributed by atoms with Crippen molar-refractivity contribution >= 4 is 5.91 Å². The molecule has 0 aliphatic heterocycles. The van der Waals surface area contributed by atoms with Gasteiger partial charge in [0.05, 0.1) is 0 Å². The maximum Gasteiger partial charge on any atom is 0.387 e. The number of hydrogen-bond donors (Lipinski definition) is 2. The highest BCUT2D eigenvalue weighted by molar-refractivity contribution is 5.76. The molecule has 0 heterocycles. The molecular weight excluding hydrogens is 278 g/mol. The van der Waals surface area contributed by atoms with Gasteiger partial charge in [0.2, 0.25) is 5.91 Å². The van der Waals surface area contributed by atoms with Crippen molar-refractivity contribution in [1.29, 1.82) is 0 Å². The van der Waals surface area contributed by atoms with Crippen LogP contribution in [-0.2, 0) is 11.3 Å². The van der Waals surface area contributed by atoms with E-state index in [1.807, 2.05) is 13.8 Å². The normalized spacial score (nSPS) is 12.2. The Balaban J connectivity index is 2.34. The van der Waals surface area contributed by atoms with E-state index in [0.29, 0.717) is 25.1 Å². The van der Waals surface area contributed by atoms with Crippen LogP contribution in [0.4, 0.5) is 8.78 Å². The second kappa shape index (κ2) is 9.28. The number of amides is 1. The molecule has 0 radical (unpaired) electrons. The minimum Gasteiger partial charge on any atom is -0.434 e. The summed E-state index contributed by atoms with van der Waals surface area (Å²) in [5.74, 6) is 0.137. The molecule has 118 valence electrons. The first-order chi connectivity index (χ1) is 10.0. The summed E-state index contributed by atoms with van der Waals surface area (Å²) < 4.78 is 28.9. The number of ether oxygens (including phenoxy) is 1. The Kier molecular flexibility index (Phi) is 7.68. The summed E-state index contributed by atoms with van der Waals surface area (Å²) in [4.78, 5) is 11.6. The van der Waals surface area contributed by atoms with Crippen LogP contribution >= 0.6 is 0 Å². The van der Waals surface area contributed by atoms with Crippen LogP contribution in [0.25, 0.3) is 0 Å². The van der Waals surface area contributed by atoms with Crippen LogP contribution in [0.5, 0.6) is 5.75 Å². The van der Waals surface area contributed by atoms with Crippen molar-refractivity contribution in [1.82, 2.24) is 10.6 Å². The summed E-state index contributed by atoms with van der Waals surface area (Å²) in [6, 6.07) is 6.77. The van der Waals surface area contributed by atoms with Gasteiger partial charge in [-0.2, -0.15) is 8.78 Å². The largest absolute Gasteiger partial charge is 0.434 e. The van der Waals surface area contributed by atoms with E-state index in [2.05, 4.69) is 15.4 Å². The van der Waals surface area contributed by atoms with Gasteiger partial charge in [-0.3, -0.25) is 4.79 Å². The van der Waals surface area contributed by atoms with E-state index in [1.165, 1.54) is 6.07 Å². The van der Waals surface area contributed by atoms with E-state index in [9.17, 15) is 13.6 Å². The summed E-state index contributed by atoms with van der Waals surface area (Å²) in [6.45, 7) is 1.96. The van der Waals surface area contributed by atoms with E-state index in [1.54, 1.807) is 18.2 Å². The van der Waals surface area contributed by atoms with Gasteiger partial charge in [0.1, 0.15) is 5.75 Å². The molecule has 1 unspecified atom stereocenters. The Labute approximate surface area is 123 Å². The zero-order valence-corrected chi connectivity index (χ0v) is 12.4. The van der Waals surface area contributed by atoms with Gasteiger partial charge < -0.3 is 15.4 Å². The number of halogens is 2. The van der Waals surface area contributed by atoms with Crippen molar-refractivity contribution in [3.05, 3.63) is 29.8 Å². The van der Waals surface area contributed by atoms with E-state index < -0.39 is 6.61 Å². The van der Waals surface area contributed by atoms with E-state index in [0.717, 1.165) is 6.42 Å². The molecule has 1 atom stereocenters. The van der Waals surface area contributed by atoms with E-state index in [4.69, 9.17) is 0 Å². The van der Waals surface area contributed by atoms with Crippen molar-refractivity contribution in [2.45, 2.75) is 45.9 Å². The maximum atomic E-state index is 12.3. The van der Waals surface area contributed by atoms with Crippen LogP contribution in [-0.4, -0.2) is 25.1 Å². The quantitative estimate of drug-likeness (QED) is 0.689. The number of carbonyl (C=O) groups is 1. The number of para-hydroxylation sites is 1. The summed E-state index contributed by atoms with van der Waals surface area (Å²) in [7, 11) is 0. The zero-order chi connectivity index (χ0) is 15.7. The zero-order valence-electron chi connectivity index (χ0n) is 12.4. The Morgan fingerprint density at radius 2 is 2.05 bits per heavy atom. The van der Waals surface area contributed by atoms with Crippen LogP contribution in [0.3, 0.4) is 0 Å². The van der Waals surface area contributed by atoms with Gasteiger partial charge in [-0.15, -0.1) is 0 Å². The highest BCUT2D eigenvalue weighted by atomic mass is 19.3. The molecular formula is C15H22F2N2O2. The molecule has 0 saturated carbocycles. The SMILES string of the molecule is CCC(C)NC(=O)CCNCc1ccccc1OC(F)F. The van der Waals surface area contributed by atoms with Crippen LogP contribution in [0.15, 0.2) is 24.3 Å². The predicted octanol–water partition coefficient (Wildman–Crippen LogP) is 2.68. The van der Waals surface area contributed by atoms with Crippen molar-refractivity contribution in [2.75, 3.05) is 6.54 Å². The van der Waals surface area contributed by atoms with Crippen LogP contribution in [0.1, 0.15) is 32.3 Å². The Morgan fingerprint density at radius 1 is 1.33 bits per heavy atom. The smallest absolute Gasteiger partial charge is 0.387 e. The van der Waals surface area contributed by atoms with Crippen LogP contribution < -0.4 is 15.4 Å². The number of hydrogen-bond acceptors (Lipinski definition) is 3. The Bertz CT molecular complexity index is 441. The number of carbonyl (C=O) groups excluding carboxylic acids is 1. The van der Waals surface area contributed by atoms with Crippen molar-refractivity contribution in [3.63, 3.8) is 0 Å². The molecule has 0 aliphatic carbocycles. The highest BCUT2D eigenvalue weighted by Crippen LogP contribution is 2.19.